The quantitative estimate of drug-likeness (QED) is 0.336. The van der Waals surface area contributed by atoms with Crippen LogP contribution in [0.2, 0.25) is 0 Å². The largest absolute Gasteiger partial charge is 0.465 e. The fourth-order valence-electron chi connectivity index (χ4n) is 1.89. The van der Waals surface area contributed by atoms with Gasteiger partial charge in [0.25, 0.3) is 10.1 Å². The van der Waals surface area contributed by atoms with E-state index in [9.17, 15) is 18.0 Å². The van der Waals surface area contributed by atoms with Crippen LogP contribution >= 0.6 is 0 Å². The first-order valence-corrected chi connectivity index (χ1v) is 7.65. The summed E-state index contributed by atoms with van der Waals surface area (Å²) in [5.74, 6) is -1.55. The molecule has 1 unspecified atom stereocenters. The average Bonchev–Trinajstić information content (AvgIpc) is 2.27. The molecule has 0 bridgehead atoms. The van der Waals surface area contributed by atoms with Crippen molar-refractivity contribution < 1.29 is 27.3 Å². The number of hydrogen-bond donors (Lipinski definition) is 1. The zero-order chi connectivity index (χ0) is 13.6. The van der Waals surface area contributed by atoms with Crippen LogP contribution in [0.15, 0.2) is 0 Å². The Morgan fingerprint density at radius 1 is 1.33 bits per heavy atom. The summed E-state index contributed by atoms with van der Waals surface area (Å²) in [5.41, 5.74) is 0. The van der Waals surface area contributed by atoms with Crippen LogP contribution in [0.3, 0.4) is 0 Å². The van der Waals surface area contributed by atoms with E-state index in [2.05, 4.69) is 0 Å². The highest BCUT2D eigenvalue weighted by atomic mass is 32.2. The highest BCUT2D eigenvalue weighted by molar-refractivity contribution is 7.85. The molecule has 0 aliphatic heterocycles. The minimum Gasteiger partial charge on any atom is -0.465 e. The number of ether oxygens (including phenoxy) is 1. The summed E-state index contributed by atoms with van der Waals surface area (Å²) in [4.78, 5) is 23.0. The van der Waals surface area contributed by atoms with Crippen LogP contribution in [-0.4, -0.2) is 37.1 Å². The smallest absolute Gasteiger partial charge is 0.316 e. The molecule has 7 heteroatoms. The maximum Gasteiger partial charge on any atom is 0.316 e. The molecule has 1 aliphatic rings. The molecule has 1 rings (SSSR count). The van der Waals surface area contributed by atoms with Gasteiger partial charge in [-0.2, -0.15) is 8.42 Å². The summed E-state index contributed by atoms with van der Waals surface area (Å²) >= 11 is 0. The predicted octanol–water partition coefficient (Wildman–Crippen LogP) is 0.957. The summed E-state index contributed by atoms with van der Waals surface area (Å²) in [5, 5.41) is 0. The van der Waals surface area contributed by atoms with Gasteiger partial charge in [0.2, 0.25) is 0 Å². The number of hydrogen-bond acceptors (Lipinski definition) is 5. The topological polar surface area (TPSA) is 97.7 Å². The number of unbranched alkanes of at least 4 members (excludes halogenated alkanes) is 1. The van der Waals surface area contributed by atoms with Crippen molar-refractivity contribution in [2.24, 2.45) is 5.92 Å². The highest BCUT2D eigenvalue weighted by Gasteiger charge is 2.29. The van der Waals surface area contributed by atoms with Gasteiger partial charge in [-0.3, -0.25) is 14.1 Å². The Morgan fingerprint density at radius 3 is 2.67 bits per heavy atom. The van der Waals surface area contributed by atoms with E-state index in [1.807, 2.05) is 0 Å². The molecule has 0 amide bonds. The molecular weight excluding hydrogens is 260 g/mol. The Bertz CT molecular complexity index is 400. The van der Waals surface area contributed by atoms with Crippen LogP contribution < -0.4 is 0 Å². The van der Waals surface area contributed by atoms with E-state index in [1.165, 1.54) is 0 Å². The molecule has 1 aliphatic carbocycles. The van der Waals surface area contributed by atoms with E-state index in [0.717, 1.165) is 12.8 Å². The molecular formula is C11H18O6S. The molecule has 1 saturated carbocycles. The van der Waals surface area contributed by atoms with Crippen molar-refractivity contribution in [3.05, 3.63) is 0 Å². The molecule has 1 atom stereocenters. The fourth-order valence-corrected chi connectivity index (χ4v) is 2.46. The summed E-state index contributed by atoms with van der Waals surface area (Å²) in [6.07, 6.45) is 3.24. The number of rotatable bonds is 6. The normalized spacial score (nSPS) is 20.7. The van der Waals surface area contributed by atoms with Crippen molar-refractivity contribution in [2.75, 3.05) is 12.4 Å². The van der Waals surface area contributed by atoms with Crippen molar-refractivity contribution in [2.45, 2.75) is 38.5 Å². The second-order valence-corrected chi connectivity index (χ2v) is 6.00. The summed E-state index contributed by atoms with van der Waals surface area (Å²) in [6, 6.07) is 0. The third-order valence-corrected chi connectivity index (χ3v) is 3.68. The first-order chi connectivity index (χ1) is 8.40. The second-order valence-electron chi connectivity index (χ2n) is 4.43. The summed E-state index contributed by atoms with van der Waals surface area (Å²) in [7, 11) is -3.95. The van der Waals surface area contributed by atoms with E-state index in [4.69, 9.17) is 9.29 Å². The van der Waals surface area contributed by atoms with Crippen molar-refractivity contribution in [3.8, 4) is 0 Å². The zero-order valence-corrected chi connectivity index (χ0v) is 10.9. The van der Waals surface area contributed by atoms with Crippen molar-refractivity contribution in [3.63, 3.8) is 0 Å². The fraction of sp³-hybridized carbons (Fsp3) is 0.818. The molecule has 0 saturated heterocycles. The minimum atomic E-state index is -3.95. The Labute approximate surface area is 106 Å². The van der Waals surface area contributed by atoms with Gasteiger partial charge < -0.3 is 4.74 Å². The molecule has 1 N–H and O–H groups in total. The SMILES string of the molecule is O=C1CCCCC1C(=O)OCCCCS(=O)(=O)O. The van der Waals surface area contributed by atoms with Crippen LogP contribution in [-0.2, 0) is 24.4 Å². The lowest BCUT2D eigenvalue weighted by Crippen LogP contribution is -2.29. The molecule has 6 nitrogen and oxygen atoms in total. The maximum atomic E-state index is 11.6. The van der Waals surface area contributed by atoms with Crippen LogP contribution in [0.25, 0.3) is 0 Å². The van der Waals surface area contributed by atoms with Crippen LogP contribution in [0.1, 0.15) is 38.5 Å². The van der Waals surface area contributed by atoms with E-state index in [-0.39, 0.29) is 24.6 Å². The number of esters is 1. The molecule has 0 heterocycles. The maximum absolute atomic E-state index is 11.6. The molecule has 0 aromatic rings. The molecule has 0 aromatic heterocycles. The van der Waals surface area contributed by atoms with Crippen LogP contribution in [0.4, 0.5) is 0 Å². The van der Waals surface area contributed by atoms with Crippen LogP contribution in [0, 0.1) is 5.92 Å². The van der Waals surface area contributed by atoms with E-state index in [0.29, 0.717) is 19.3 Å². The van der Waals surface area contributed by atoms with Gasteiger partial charge in [-0.15, -0.1) is 0 Å². The Kier molecular flexibility index (Phi) is 5.74. The van der Waals surface area contributed by atoms with Gasteiger partial charge in [-0.25, -0.2) is 0 Å². The van der Waals surface area contributed by atoms with Gasteiger partial charge in [0.05, 0.1) is 12.4 Å². The first-order valence-electron chi connectivity index (χ1n) is 6.04. The lowest BCUT2D eigenvalue weighted by Gasteiger charge is -2.18. The minimum absolute atomic E-state index is 0.0656. The summed E-state index contributed by atoms with van der Waals surface area (Å²) < 4.78 is 34.3. The number of carbonyl (C=O) groups is 2. The third kappa shape index (κ3) is 5.59. The van der Waals surface area contributed by atoms with Gasteiger partial charge in [0.1, 0.15) is 11.7 Å². The lowest BCUT2D eigenvalue weighted by atomic mass is 9.88. The Balaban J connectivity index is 2.19. The van der Waals surface area contributed by atoms with E-state index in [1.54, 1.807) is 0 Å². The third-order valence-electron chi connectivity index (χ3n) is 2.88. The van der Waals surface area contributed by atoms with Gasteiger partial charge in [-0.1, -0.05) is 6.42 Å². The molecule has 0 spiro atoms. The lowest BCUT2D eigenvalue weighted by molar-refractivity contribution is -0.153. The Morgan fingerprint density at radius 2 is 2.06 bits per heavy atom. The summed E-state index contributed by atoms with van der Waals surface area (Å²) in [6.45, 7) is 0.0815. The first kappa shape index (κ1) is 15.1. The van der Waals surface area contributed by atoms with Crippen molar-refractivity contribution >= 4 is 21.9 Å². The molecule has 18 heavy (non-hydrogen) atoms. The number of ketones is 1. The van der Waals surface area contributed by atoms with Crippen LogP contribution in [0.5, 0.6) is 0 Å². The van der Waals surface area contributed by atoms with Gasteiger partial charge in [-0.05, 0) is 25.7 Å². The zero-order valence-electron chi connectivity index (χ0n) is 10.1. The molecule has 0 radical (unpaired) electrons. The van der Waals surface area contributed by atoms with Gasteiger partial charge in [0, 0.05) is 6.42 Å². The number of Topliss-reactive ketones (excluding diaryl/α,β-unsaturated/α-hetero) is 1. The average molecular weight is 278 g/mol. The Hall–Kier alpha value is -0.950. The van der Waals surface area contributed by atoms with Crippen molar-refractivity contribution in [1.29, 1.82) is 0 Å². The van der Waals surface area contributed by atoms with Gasteiger partial charge >= 0.3 is 5.97 Å². The highest BCUT2D eigenvalue weighted by Crippen LogP contribution is 2.21. The van der Waals surface area contributed by atoms with E-state index >= 15 is 0 Å². The predicted molar refractivity (Wildman–Crippen MR) is 63.6 cm³/mol. The molecule has 1 fully saturated rings. The standard InChI is InChI=1S/C11H18O6S/c12-10-6-2-1-5-9(10)11(13)17-7-3-4-8-18(14,15)16/h9H,1-8H2,(H,14,15,16). The number of carbonyl (C=O) groups excluding carboxylic acids is 2. The van der Waals surface area contributed by atoms with Crippen molar-refractivity contribution in [1.82, 2.24) is 0 Å². The molecule has 0 aromatic carbocycles. The van der Waals surface area contributed by atoms with Gasteiger partial charge in [0.15, 0.2) is 0 Å². The second kappa shape index (κ2) is 6.84. The monoisotopic (exact) mass is 278 g/mol. The van der Waals surface area contributed by atoms with E-state index < -0.39 is 22.0 Å². The molecule has 104 valence electrons.